The minimum atomic E-state index is -0.400. The molecule has 0 spiro atoms. The molecule has 0 bridgehead atoms. The molecule has 0 saturated heterocycles. The van der Waals surface area contributed by atoms with Crippen molar-refractivity contribution in [3.63, 3.8) is 0 Å². The van der Waals surface area contributed by atoms with Crippen molar-refractivity contribution < 1.29 is 19.1 Å². The van der Waals surface area contributed by atoms with Crippen LogP contribution in [0.15, 0.2) is 24.3 Å². The van der Waals surface area contributed by atoms with Crippen LogP contribution in [0.2, 0.25) is 0 Å². The Morgan fingerprint density at radius 2 is 1.64 bits per heavy atom. The molecular formula is C19H26N2O4. The Kier molecular flexibility index (Phi) is 7.44. The van der Waals surface area contributed by atoms with Crippen molar-refractivity contribution in [3.8, 4) is 0 Å². The Labute approximate surface area is 148 Å². The van der Waals surface area contributed by atoms with Gasteiger partial charge in [-0.25, -0.2) is 4.79 Å². The van der Waals surface area contributed by atoms with Gasteiger partial charge in [-0.2, -0.15) is 0 Å². The van der Waals surface area contributed by atoms with Gasteiger partial charge < -0.3 is 15.4 Å². The predicted molar refractivity (Wildman–Crippen MR) is 95.3 cm³/mol. The smallest absolute Gasteiger partial charge is 0.338 e. The Morgan fingerprint density at radius 1 is 1.00 bits per heavy atom. The summed E-state index contributed by atoms with van der Waals surface area (Å²) in [5, 5.41) is 5.62. The first-order chi connectivity index (χ1) is 12.1. The maximum atomic E-state index is 12.0. The van der Waals surface area contributed by atoms with Gasteiger partial charge in [0.05, 0.1) is 12.2 Å². The van der Waals surface area contributed by atoms with Crippen LogP contribution in [0.25, 0.3) is 0 Å². The molecule has 25 heavy (non-hydrogen) atoms. The maximum absolute atomic E-state index is 12.0. The second-order valence-corrected chi connectivity index (χ2v) is 6.28. The van der Waals surface area contributed by atoms with E-state index in [2.05, 4.69) is 10.6 Å². The van der Waals surface area contributed by atoms with Crippen LogP contribution in [-0.4, -0.2) is 30.4 Å². The first-order valence-electron chi connectivity index (χ1n) is 8.95. The lowest BCUT2D eigenvalue weighted by Gasteiger charge is -2.16. The summed E-state index contributed by atoms with van der Waals surface area (Å²) < 4.78 is 4.90. The zero-order valence-corrected chi connectivity index (χ0v) is 14.7. The number of nitrogens with one attached hydrogen (secondary N) is 2. The molecule has 1 aliphatic rings. The molecule has 1 aromatic carbocycles. The van der Waals surface area contributed by atoms with E-state index < -0.39 is 5.97 Å². The van der Waals surface area contributed by atoms with Gasteiger partial charge in [0, 0.05) is 11.7 Å². The summed E-state index contributed by atoms with van der Waals surface area (Å²) in [6.45, 7) is 2.06. The highest BCUT2D eigenvalue weighted by atomic mass is 16.5. The molecule has 1 fully saturated rings. The molecule has 1 aliphatic carbocycles. The molecule has 0 aromatic heterocycles. The highest BCUT2D eigenvalue weighted by Crippen LogP contribution is 2.17. The average molecular weight is 346 g/mol. The Bertz CT molecular complexity index is 590. The number of carbonyl (C=O) groups excluding carboxylic acids is 3. The summed E-state index contributed by atoms with van der Waals surface area (Å²) in [6.07, 6.45) is 6.47. The van der Waals surface area contributed by atoms with Gasteiger partial charge in [-0.3, -0.25) is 9.59 Å². The van der Waals surface area contributed by atoms with Gasteiger partial charge in [0.15, 0.2) is 0 Å². The summed E-state index contributed by atoms with van der Waals surface area (Å²) in [6, 6.07) is 6.59. The Balaban J connectivity index is 1.79. The molecule has 1 aromatic rings. The van der Waals surface area contributed by atoms with Crippen molar-refractivity contribution in [1.82, 2.24) is 5.32 Å². The summed E-state index contributed by atoms with van der Waals surface area (Å²) in [4.78, 5) is 35.6. The van der Waals surface area contributed by atoms with Gasteiger partial charge in [-0.15, -0.1) is 0 Å². The Hall–Kier alpha value is -2.37. The van der Waals surface area contributed by atoms with Crippen LogP contribution in [-0.2, 0) is 14.3 Å². The lowest BCUT2D eigenvalue weighted by molar-refractivity contribution is -0.127. The van der Waals surface area contributed by atoms with Crippen molar-refractivity contribution in [1.29, 1.82) is 0 Å². The third-order valence-electron chi connectivity index (χ3n) is 4.22. The molecule has 2 N–H and O–H groups in total. The molecule has 6 nitrogen and oxygen atoms in total. The van der Waals surface area contributed by atoms with Crippen LogP contribution in [0.1, 0.15) is 62.2 Å². The molecular weight excluding hydrogens is 320 g/mol. The maximum Gasteiger partial charge on any atom is 0.338 e. The minimum absolute atomic E-state index is 0.187. The Morgan fingerprint density at radius 3 is 2.24 bits per heavy atom. The molecule has 2 rings (SSSR count). The number of rotatable bonds is 6. The third-order valence-corrected chi connectivity index (χ3v) is 4.22. The predicted octanol–water partition coefficient (Wildman–Crippen LogP) is 3.03. The van der Waals surface area contributed by atoms with Crippen LogP contribution in [0.5, 0.6) is 0 Å². The molecule has 0 unspecified atom stereocenters. The van der Waals surface area contributed by atoms with Gasteiger partial charge >= 0.3 is 5.97 Å². The molecule has 0 atom stereocenters. The standard InChI is InChI=1S/C19H26N2O4/c1-2-25-19(24)14-9-11-16(12-10-14)21-18(23)13-17(22)20-15-7-5-3-4-6-8-15/h9-12,15H,2-8,13H2,1H3,(H,20,22)(H,21,23). The summed E-state index contributed by atoms with van der Waals surface area (Å²) in [5.74, 6) is -1.01. The fourth-order valence-corrected chi connectivity index (χ4v) is 2.96. The number of anilines is 1. The summed E-state index contributed by atoms with van der Waals surface area (Å²) in [7, 11) is 0. The average Bonchev–Trinajstić information content (AvgIpc) is 2.84. The van der Waals surface area contributed by atoms with Gasteiger partial charge in [0.1, 0.15) is 6.42 Å². The summed E-state index contributed by atoms with van der Waals surface area (Å²) >= 11 is 0. The molecule has 136 valence electrons. The van der Waals surface area contributed by atoms with Gasteiger partial charge in [0.2, 0.25) is 11.8 Å². The monoisotopic (exact) mass is 346 g/mol. The summed E-state index contributed by atoms with van der Waals surface area (Å²) in [5.41, 5.74) is 0.964. The van der Waals surface area contributed by atoms with Crippen molar-refractivity contribution in [2.75, 3.05) is 11.9 Å². The van der Waals surface area contributed by atoms with Crippen LogP contribution < -0.4 is 10.6 Å². The molecule has 2 amide bonds. The molecule has 1 saturated carbocycles. The zero-order chi connectivity index (χ0) is 18.1. The van der Waals surface area contributed by atoms with Crippen molar-refractivity contribution in [2.24, 2.45) is 0 Å². The van der Waals surface area contributed by atoms with Crippen LogP contribution in [0, 0.1) is 0 Å². The number of hydrogen-bond donors (Lipinski definition) is 2. The zero-order valence-electron chi connectivity index (χ0n) is 14.7. The highest BCUT2D eigenvalue weighted by Gasteiger charge is 2.17. The quantitative estimate of drug-likeness (QED) is 0.471. The topological polar surface area (TPSA) is 84.5 Å². The minimum Gasteiger partial charge on any atom is -0.462 e. The molecule has 6 heteroatoms. The second kappa shape index (κ2) is 9.81. The normalized spacial score (nSPS) is 15.1. The first kappa shape index (κ1) is 19.0. The fourth-order valence-electron chi connectivity index (χ4n) is 2.96. The molecule has 0 heterocycles. The highest BCUT2D eigenvalue weighted by molar-refractivity contribution is 6.03. The number of esters is 1. The van der Waals surface area contributed by atoms with E-state index >= 15 is 0 Å². The van der Waals surface area contributed by atoms with Gasteiger partial charge in [-0.05, 0) is 44.0 Å². The molecule has 0 aliphatic heterocycles. The van der Waals surface area contributed by atoms with E-state index in [1.165, 1.54) is 12.8 Å². The molecule has 0 radical (unpaired) electrons. The number of amides is 2. The van der Waals surface area contributed by atoms with Crippen molar-refractivity contribution in [2.45, 2.75) is 57.9 Å². The number of ether oxygens (including phenoxy) is 1. The largest absolute Gasteiger partial charge is 0.462 e. The van der Waals surface area contributed by atoms with Crippen molar-refractivity contribution >= 4 is 23.5 Å². The SMILES string of the molecule is CCOC(=O)c1ccc(NC(=O)CC(=O)NC2CCCCCC2)cc1. The van der Waals surface area contributed by atoms with E-state index in [9.17, 15) is 14.4 Å². The first-order valence-corrected chi connectivity index (χ1v) is 8.95. The third kappa shape index (κ3) is 6.57. The number of hydrogen-bond acceptors (Lipinski definition) is 4. The van der Waals surface area contributed by atoms with Crippen LogP contribution >= 0.6 is 0 Å². The van der Waals surface area contributed by atoms with E-state index in [1.54, 1.807) is 31.2 Å². The lowest BCUT2D eigenvalue weighted by atomic mass is 10.1. The fraction of sp³-hybridized carbons (Fsp3) is 0.526. The van der Waals surface area contributed by atoms with E-state index in [-0.39, 0.29) is 24.3 Å². The van der Waals surface area contributed by atoms with E-state index in [1.807, 2.05) is 0 Å². The van der Waals surface area contributed by atoms with Crippen LogP contribution in [0.4, 0.5) is 5.69 Å². The van der Waals surface area contributed by atoms with E-state index in [0.717, 1.165) is 25.7 Å². The van der Waals surface area contributed by atoms with Crippen LogP contribution in [0.3, 0.4) is 0 Å². The lowest BCUT2D eigenvalue weighted by Crippen LogP contribution is -2.36. The number of carbonyl (C=O) groups is 3. The van der Waals surface area contributed by atoms with Crippen molar-refractivity contribution in [3.05, 3.63) is 29.8 Å². The van der Waals surface area contributed by atoms with Gasteiger partial charge in [0.25, 0.3) is 0 Å². The van der Waals surface area contributed by atoms with E-state index in [4.69, 9.17) is 4.74 Å². The second-order valence-electron chi connectivity index (χ2n) is 6.28. The van der Waals surface area contributed by atoms with E-state index in [0.29, 0.717) is 17.9 Å². The number of benzene rings is 1. The van der Waals surface area contributed by atoms with Gasteiger partial charge in [-0.1, -0.05) is 25.7 Å².